The van der Waals surface area contributed by atoms with Gasteiger partial charge in [-0.1, -0.05) is 27.7 Å². The molecule has 0 spiro atoms. The van der Waals surface area contributed by atoms with E-state index >= 15 is 0 Å². The average Bonchev–Trinajstić information content (AvgIpc) is 2.42. The van der Waals surface area contributed by atoms with Crippen molar-refractivity contribution in [1.29, 1.82) is 0 Å². The van der Waals surface area contributed by atoms with E-state index in [2.05, 4.69) is 0 Å². The lowest BCUT2D eigenvalue weighted by molar-refractivity contribution is 0.141. The number of phenolic OH excluding ortho intramolecular Hbond substituents is 1. The van der Waals surface area contributed by atoms with Gasteiger partial charge in [-0.05, 0) is 25.7 Å². The van der Waals surface area contributed by atoms with Gasteiger partial charge in [0.15, 0.2) is 23.0 Å². The van der Waals surface area contributed by atoms with Crippen LogP contribution in [0.25, 0.3) is 0 Å². The fourth-order valence-corrected chi connectivity index (χ4v) is 2.53. The van der Waals surface area contributed by atoms with Crippen LogP contribution in [0.1, 0.15) is 64.5 Å². The van der Waals surface area contributed by atoms with Crippen LogP contribution in [0.3, 0.4) is 0 Å². The summed E-state index contributed by atoms with van der Waals surface area (Å²) in [5.41, 5.74) is 0.968. The molecule has 0 aromatic heterocycles. The quantitative estimate of drug-likeness (QED) is 0.567. The van der Waals surface area contributed by atoms with Crippen LogP contribution >= 0.6 is 0 Å². The second-order valence-electron chi connectivity index (χ2n) is 5.71. The predicted octanol–water partition coefficient (Wildman–Crippen LogP) is 4.49. The van der Waals surface area contributed by atoms with E-state index in [1.807, 2.05) is 41.5 Å². The number of aromatic hydroxyl groups is 1. The molecular weight excluding hydrogens is 300 g/mol. The first kappa shape index (κ1) is 18.9. The Hall–Kier alpha value is -2.11. The molecule has 0 saturated heterocycles. The molecule has 23 heavy (non-hydrogen) atoms. The molecule has 6 nitrogen and oxygen atoms in total. The Morgan fingerprint density at radius 1 is 0.913 bits per heavy atom. The van der Waals surface area contributed by atoms with Gasteiger partial charge in [0.05, 0.1) is 13.2 Å². The molecule has 0 fully saturated rings. The van der Waals surface area contributed by atoms with Crippen molar-refractivity contribution in [1.82, 2.24) is 0 Å². The smallest absolute Gasteiger partial charge is 0.504 e. The Labute approximate surface area is 137 Å². The topological polar surface area (TPSA) is 85.2 Å². The summed E-state index contributed by atoms with van der Waals surface area (Å²) in [6.45, 7) is 12.0. The molecule has 0 aliphatic rings. The van der Waals surface area contributed by atoms with Crippen molar-refractivity contribution in [2.24, 2.45) is 0 Å². The highest BCUT2D eigenvalue weighted by molar-refractivity contribution is 5.72. The van der Waals surface area contributed by atoms with Crippen molar-refractivity contribution in [3.8, 4) is 23.0 Å². The Bertz CT molecular complexity index is 563. The molecule has 0 unspecified atom stereocenters. The Balaban J connectivity index is 3.85. The second kappa shape index (κ2) is 7.94. The minimum Gasteiger partial charge on any atom is -0.504 e. The van der Waals surface area contributed by atoms with Crippen molar-refractivity contribution >= 4 is 6.16 Å². The number of carbonyl (C=O) groups is 1. The summed E-state index contributed by atoms with van der Waals surface area (Å²) in [5, 5.41) is 19.6. The molecule has 0 aliphatic carbocycles. The fourth-order valence-electron chi connectivity index (χ4n) is 2.53. The van der Waals surface area contributed by atoms with Crippen molar-refractivity contribution < 1.29 is 29.2 Å². The predicted molar refractivity (Wildman–Crippen MR) is 87.3 cm³/mol. The molecule has 2 N–H and O–H groups in total. The second-order valence-corrected chi connectivity index (χ2v) is 5.71. The molecule has 1 rings (SSSR count). The number of rotatable bonds is 7. The third-order valence-electron chi connectivity index (χ3n) is 3.33. The van der Waals surface area contributed by atoms with E-state index in [0.717, 1.165) is 0 Å². The van der Waals surface area contributed by atoms with Crippen LogP contribution in [0.15, 0.2) is 0 Å². The lowest BCUT2D eigenvalue weighted by Gasteiger charge is -2.25. The molecular formula is C17H26O6. The monoisotopic (exact) mass is 326 g/mol. The van der Waals surface area contributed by atoms with Crippen LogP contribution in [0, 0.1) is 0 Å². The number of phenols is 1. The maximum absolute atomic E-state index is 11.1. The largest absolute Gasteiger partial charge is 0.511 e. The summed E-state index contributed by atoms with van der Waals surface area (Å²) in [5.74, 6) is 0.358. The zero-order chi connectivity index (χ0) is 17.7. The first-order valence-electron chi connectivity index (χ1n) is 7.85. The number of carboxylic acid groups (broad SMARTS) is 1. The maximum atomic E-state index is 11.1. The van der Waals surface area contributed by atoms with Gasteiger partial charge in [0.2, 0.25) is 0 Å². The molecule has 6 heteroatoms. The molecule has 0 heterocycles. The minimum atomic E-state index is -1.48. The third kappa shape index (κ3) is 4.00. The van der Waals surface area contributed by atoms with Gasteiger partial charge in [-0.2, -0.15) is 0 Å². The van der Waals surface area contributed by atoms with Crippen LogP contribution in [0.2, 0.25) is 0 Å². The number of hydrogen-bond acceptors (Lipinski definition) is 5. The van der Waals surface area contributed by atoms with E-state index in [1.165, 1.54) is 0 Å². The molecule has 130 valence electrons. The highest BCUT2D eigenvalue weighted by Crippen LogP contribution is 2.53. The van der Waals surface area contributed by atoms with Gasteiger partial charge < -0.3 is 24.4 Å². The van der Waals surface area contributed by atoms with Crippen molar-refractivity contribution in [2.75, 3.05) is 13.2 Å². The van der Waals surface area contributed by atoms with E-state index < -0.39 is 6.16 Å². The molecule has 0 bridgehead atoms. The first-order chi connectivity index (χ1) is 10.8. The molecule has 0 atom stereocenters. The summed E-state index contributed by atoms with van der Waals surface area (Å²) in [6.07, 6.45) is -1.48. The summed E-state index contributed by atoms with van der Waals surface area (Å²) in [6, 6.07) is 0. The summed E-state index contributed by atoms with van der Waals surface area (Å²) in [4.78, 5) is 11.1. The van der Waals surface area contributed by atoms with Gasteiger partial charge in [0.25, 0.3) is 0 Å². The molecule has 0 saturated carbocycles. The molecule has 0 radical (unpaired) electrons. The zero-order valence-corrected chi connectivity index (χ0v) is 14.6. The van der Waals surface area contributed by atoms with Crippen LogP contribution in [-0.4, -0.2) is 29.6 Å². The molecule has 1 aromatic carbocycles. The van der Waals surface area contributed by atoms with Crippen LogP contribution in [-0.2, 0) is 0 Å². The van der Waals surface area contributed by atoms with Gasteiger partial charge in [-0.3, -0.25) is 0 Å². The first-order valence-corrected chi connectivity index (χ1v) is 7.85. The highest BCUT2D eigenvalue weighted by Gasteiger charge is 2.31. The molecule has 1 aromatic rings. The van der Waals surface area contributed by atoms with E-state index in [4.69, 9.17) is 19.3 Å². The molecule has 0 amide bonds. The van der Waals surface area contributed by atoms with Crippen LogP contribution < -0.4 is 14.2 Å². The summed E-state index contributed by atoms with van der Waals surface area (Å²) >= 11 is 0. The van der Waals surface area contributed by atoms with E-state index in [-0.39, 0.29) is 23.3 Å². The fraction of sp³-hybridized carbons (Fsp3) is 0.588. The SMILES string of the molecule is CCOc1c(OCC)c(C(C)C)c(OC(=O)O)c(O)c1C(C)C. The Morgan fingerprint density at radius 2 is 1.35 bits per heavy atom. The van der Waals surface area contributed by atoms with Crippen molar-refractivity contribution in [3.63, 3.8) is 0 Å². The molecule has 0 aliphatic heterocycles. The Morgan fingerprint density at radius 3 is 1.70 bits per heavy atom. The number of benzene rings is 1. The summed E-state index contributed by atoms with van der Waals surface area (Å²) in [7, 11) is 0. The summed E-state index contributed by atoms with van der Waals surface area (Å²) < 4.78 is 16.3. The van der Waals surface area contributed by atoms with Gasteiger partial charge in [-0.25, -0.2) is 4.79 Å². The number of hydrogen-bond donors (Lipinski definition) is 2. The maximum Gasteiger partial charge on any atom is 0.511 e. The van der Waals surface area contributed by atoms with Crippen LogP contribution in [0.4, 0.5) is 4.79 Å². The van der Waals surface area contributed by atoms with E-state index in [0.29, 0.717) is 35.8 Å². The van der Waals surface area contributed by atoms with Gasteiger partial charge >= 0.3 is 6.16 Å². The van der Waals surface area contributed by atoms with Gasteiger partial charge in [0, 0.05) is 11.1 Å². The number of ether oxygens (including phenoxy) is 3. The lowest BCUT2D eigenvalue weighted by atomic mass is 9.92. The van der Waals surface area contributed by atoms with Gasteiger partial charge in [-0.15, -0.1) is 0 Å². The van der Waals surface area contributed by atoms with Crippen LogP contribution in [0.5, 0.6) is 23.0 Å². The van der Waals surface area contributed by atoms with Crippen molar-refractivity contribution in [2.45, 2.75) is 53.4 Å². The van der Waals surface area contributed by atoms with Crippen molar-refractivity contribution in [3.05, 3.63) is 11.1 Å². The average molecular weight is 326 g/mol. The van der Waals surface area contributed by atoms with Gasteiger partial charge in [0.1, 0.15) is 0 Å². The zero-order valence-electron chi connectivity index (χ0n) is 14.6. The Kier molecular flexibility index (Phi) is 6.54. The van der Waals surface area contributed by atoms with E-state index in [1.54, 1.807) is 0 Å². The highest BCUT2D eigenvalue weighted by atomic mass is 16.7. The lowest BCUT2D eigenvalue weighted by Crippen LogP contribution is -2.12. The standard InChI is InChI=1S/C17H26O6/c1-7-21-15-11(9(3)4)13(18)14(23-17(19)20)12(10(5)6)16(15)22-8-2/h9-10,18H,7-8H2,1-6H3,(H,19,20). The normalized spacial score (nSPS) is 11.0. The minimum absolute atomic E-state index is 0.0805. The third-order valence-corrected chi connectivity index (χ3v) is 3.33. The van der Waals surface area contributed by atoms with E-state index in [9.17, 15) is 9.90 Å².